The van der Waals surface area contributed by atoms with Gasteiger partial charge >= 0.3 is 11.9 Å². The van der Waals surface area contributed by atoms with Crippen molar-refractivity contribution < 1.29 is 19.1 Å². The van der Waals surface area contributed by atoms with Crippen molar-refractivity contribution in [2.45, 2.75) is 46.5 Å². The minimum Gasteiger partial charge on any atom is -0.462 e. The Kier molecular flexibility index (Phi) is 3.11. The molecule has 1 aliphatic heterocycles. The Balaban J connectivity index is 2.09. The summed E-state index contributed by atoms with van der Waals surface area (Å²) < 4.78 is 10.7. The molecule has 20 heavy (non-hydrogen) atoms. The van der Waals surface area contributed by atoms with Crippen molar-refractivity contribution in [2.24, 2.45) is 28.6 Å². The molecule has 4 heteroatoms. The lowest BCUT2D eigenvalue weighted by molar-refractivity contribution is -0.207. The highest BCUT2D eigenvalue weighted by Crippen LogP contribution is 2.65. The van der Waals surface area contributed by atoms with Crippen LogP contribution in [-0.4, -0.2) is 25.2 Å². The van der Waals surface area contributed by atoms with Crippen molar-refractivity contribution >= 4 is 11.9 Å². The van der Waals surface area contributed by atoms with Crippen LogP contribution in [0, 0.1) is 28.6 Å². The Morgan fingerprint density at radius 3 is 1.95 bits per heavy atom. The number of carbonyl (C=O) groups excluding carboxylic acids is 2. The van der Waals surface area contributed by atoms with Crippen LogP contribution in [0.4, 0.5) is 0 Å². The second kappa shape index (κ2) is 4.47. The number of ether oxygens (including phenoxy) is 2. The lowest BCUT2D eigenvalue weighted by Gasteiger charge is -2.61. The van der Waals surface area contributed by atoms with E-state index in [1.165, 1.54) is 0 Å². The van der Waals surface area contributed by atoms with Gasteiger partial charge in [0.25, 0.3) is 0 Å². The van der Waals surface area contributed by atoms with Gasteiger partial charge in [-0.1, -0.05) is 20.8 Å². The van der Waals surface area contributed by atoms with E-state index in [1.54, 1.807) is 0 Å². The lowest BCUT2D eigenvalue weighted by atomic mass is 9.42. The van der Waals surface area contributed by atoms with Gasteiger partial charge in [0.15, 0.2) is 0 Å². The number of fused-ring (bicyclic) bond motifs is 2. The number of carbonyl (C=O) groups is 2. The third kappa shape index (κ3) is 1.73. The SMILES string of the molecule is CC(C)C12CCC(C)(CC1)C1C(=O)OCCOC(=O)C12. The van der Waals surface area contributed by atoms with E-state index in [9.17, 15) is 9.59 Å². The first kappa shape index (κ1) is 13.9. The van der Waals surface area contributed by atoms with E-state index in [4.69, 9.17) is 9.47 Å². The smallest absolute Gasteiger partial charge is 0.310 e. The van der Waals surface area contributed by atoms with Gasteiger partial charge in [-0.15, -0.1) is 0 Å². The molecule has 4 nitrogen and oxygen atoms in total. The topological polar surface area (TPSA) is 52.6 Å². The average Bonchev–Trinajstić information content (AvgIpc) is 2.40. The largest absolute Gasteiger partial charge is 0.462 e. The van der Waals surface area contributed by atoms with Crippen LogP contribution in [-0.2, 0) is 19.1 Å². The number of cyclic esters (lactones) is 2. The molecule has 1 saturated heterocycles. The summed E-state index contributed by atoms with van der Waals surface area (Å²) in [4.78, 5) is 25.0. The molecule has 0 N–H and O–H groups in total. The van der Waals surface area contributed by atoms with Gasteiger partial charge in [0.1, 0.15) is 13.2 Å². The molecule has 0 aromatic heterocycles. The molecule has 4 rings (SSSR count). The van der Waals surface area contributed by atoms with Crippen molar-refractivity contribution in [3.05, 3.63) is 0 Å². The molecular formula is C16H24O4. The van der Waals surface area contributed by atoms with Crippen LogP contribution in [0.5, 0.6) is 0 Å². The minimum absolute atomic E-state index is 0.0874. The molecule has 2 bridgehead atoms. The van der Waals surface area contributed by atoms with Gasteiger partial charge in [-0.2, -0.15) is 0 Å². The molecule has 0 amide bonds. The predicted molar refractivity (Wildman–Crippen MR) is 72.7 cm³/mol. The van der Waals surface area contributed by atoms with Crippen molar-refractivity contribution in [1.29, 1.82) is 0 Å². The second-order valence-electron chi connectivity index (χ2n) is 7.33. The summed E-state index contributed by atoms with van der Waals surface area (Å²) in [6, 6.07) is 0. The van der Waals surface area contributed by atoms with Gasteiger partial charge in [0, 0.05) is 0 Å². The maximum Gasteiger partial charge on any atom is 0.310 e. The van der Waals surface area contributed by atoms with E-state index < -0.39 is 0 Å². The zero-order chi connectivity index (χ0) is 14.5. The highest BCUT2D eigenvalue weighted by molar-refractivity contribution is 5.84. The third-order valence-corrected chi connectivity index (χ3v) is 6.26. The number of rotatable bonds is 1. The molecule has 4 aliphatic rings. The highest BCUT2D eigenvalue weighted by atomic mass is 16.6. The first-order valence-electron chi connectivity index (χ1n) is 7.74. The van der Waals surface area contributed by atoms with Crippen LogP contribution in [0.25, 0.3) is 0 Å². The lowest BCUT2D eigenvalue weighted by Crippen LogP contribution is -2.61. The number of hydrogen-bond acceptors (Lipinski definition) is 4. The van der Waals surface area contributed by atoms with Crippen LogP contribution >= 0.6 is 0 Å². The van der Waals surface area contributed by atoms with Crippen molar-refractivity contribution in [3.8, 4) is 0 Å². The first-order valence-corrected chi connectivity index (χ1v) is 7.74. The van der Waals surface area contributed by atoms with Crippen LogP contribution in [0.2, 0.25) is 0 Å². The Bertz CT molecular complexity index is 432. The Hall–Kier alpha value is -1.06. The highest BCUT2D eigenvalue weighted by Gasteiger charge is 2.65. The number of hydrogen-bond donors (Lipinski definition) is 0. The summed E-state index contributed by atoms with van der Waals surface area (Å²) in [7, 11) is 0. The summed E-state index contributed by atoms with van der Waals surface area (Å²) in [5, 5.41) is 0. The van der Waals surface area contributed by atoms with E-state index in [0.717, 1.165) is 25.7 Å². The Morgan fingerprint density at radius 2 is 1.45 bits per heavy atom. The van der Waals surface area contributed by atoms with Crippen molar-refractivity contribution in [1.82, 2.24) is 0 Å². The summed E-state index contributed by atoms with van der Waals surface area (Å²) in [5.74, 6) is -0.618. The van der Waals surface area contributed by atoms with Crippen LogP contribution in [0.3, 0.4) is 0 Å². The molecule has 2 atom stereocenters. The molecule has 0 spiro atoms. The zero-order valence-electron chi connectivity index (χ0n) is 12.6. The summed E-state index contributed by atoms with van der Waals surface area (Å²) in [6.45, 7) is 6.87. The van der Waals surface area contributed by atoms with Crippen LogP contribution < -0.4 is 0 Å². The van der Waals surface area contributed by atoms with E-state index in [2.05, 4.69) is 20.8 Å². The standard InChI is InChI=1S/C16H24O4/c1-10(2)16-6-4-15(3,5-7-16)11-12(16)14(18)20-9-8-19-13(11)17/h10-12H,4-9H2,1-3H3. The molecule has 0 aromatic carbocycles. The number of esters is 2. The van der Waals surface area contributed by atoms with Gasteiger partial charge in [-0.05, 0) is 42.4 Å². The fraction of sp³-hybridized carbons (Fsp3) is 0.875. The maximum absolute atomic E-state index is 12.6. The molecule has 3 aliphatic carbocycles. The minimum atomic E-state index is -0.319. The zero-order valence-corrected chi connectivity index (χ0v) is 12.6. The van der Waals surface area contributed by atoms with Gasteiger partial charge in [0.2, 0.25) is 0 Å². The third-order valence-electron chi connectivity index (χ3n) is 6.26. The fourth-order valence-electron chi connectivity index (χ4n) is 4.83. The van der Waals surface area contributed by atoms with E-state index >= 15 is 0 Å². The molecule has 4 fully saturated rings. The molecule has 0 radical (unpaired) electrons. The second-order valence-corrected chi connectivity index (χ2v) is 7.33. The molecule has 0 aromatic rings. The normalized spacial score (nSPS) is 44.4. The summed E-state index contributed by atoms with van der Waals surface area (Å²) in [5.41, 5.74) is -0.190. The molecule has 2 unspecified atom stereocenters. The quantitative estimate of drug-likeness (QED) is 0.693. The van der Waals surface area contributed by atoms with Crippen molar-refractivity contribution in [2.75, 3.05) is 13.2 Å². The average molecular weight is 280 g/mol. The molecule has 1 heterocycles. The first-order chi connectivity index (χ1) is 9.41. The summed E-state index contributed by atoms with van der Waals surface area (Å²) in [6.07, 6.45) is 4.05. The van der Waals surface area contributed by atoms with Gasteiger partial charge in [0.05, 0.1) is 11.8 Å². The molecule has 3 saturated carbocycles. The van der Waals surface area contributed by atoms with Crippen LogP contribution in [0.15, 0.2) is 0 Å². The van der Waals surface area contributed by atoms with Gasteiger partial charge in [-0.25, -0.2) is 0 Å². The fourth-order valence-corrected chi connectivity index (χ4v) is 4.83. The molecule has 112 valence electrons. The maximum atomic E-state index is 12.6. The Morgan fingerprint density at radius 1 is 0.950 bits per heavy atom. The monoisotopic (exact) mass is 280 g/mol. The predicted octanol–water partition coefficient (Wildman–Crippen LogP) is 2.56. The van der Waals surface area contributed by atoms with E-state index in [0.29, 0.717) is 5.92 Å². The van der Waals surface area contributed by atoms with Crippen molar-refractivity contribution in [3.63, 3.8) is 0 Å². The summed E-state index contributed by atoms with van der Waals surface area (Å²) >= 11 is 0. The van der Waals surface area contributed by atoms with E-state index in [-0.39, 0.29) is 47.8 Å². The van der Waals surface area contributed by atoms with Gasteiger partial charge in [-0.3, -0.25) is 9.59 Å². The van der Waals surface area contributed by atoms with Gasteiger partial charge < -0.3 is 9.47 Å². The molecular weight excluding hydrogens is 256 g/mol. The van der Waals surface area contributed by atoms with E-state index in [1.807, 2.05) is 0 Å². The Labute approximate surface area is 120 Å². The van der Waals surface area contributed by atoms with Crippen LogP contribution in [0.1, 0.15) is 46.5 Å².